The molecule has 0 bridgehead atoms. The van der Waals surface area contributed by atoms with Crippen molar-refractivity contribution in [1.82, 2.24) is 14.8 Å². The average molecular weight is 309 g/mol. The highest BCUT2D eigenvalue weighted by atomic mass is 16.2. The van der Waals surface area contributed by atoms with E-state index in [-0.39, 0.29) is 11.9 Å². The van der Waals surface area contributed by atoms with E-state index in [2.05, 4.69) is 24.0 Å². The summed E-state index contributed by atoms with van der Waals surface area (Å²) in [6.07, 6.45) is 1.81. The van der Waals surface area contributed by atoms with Crippen LogP contribution in [0.1, 0.15) is 28.8 Å². The van der Waals surface area contributed by atoms with Crippen LogP contribution >= 0.6 is 0 Å². The molecule has 4 nitrogen and oxygen atoms in total. The lowest BCUT2D eigenvalue weighted by molar-refractivity contribution is -0.141. The second-order valence-electron chi connectivity index (χ2n) is 6.48. The average Bonchev–Trinajstić information content (AvgIpc) is 2.46. The number of likely N-dealkylation sites (N-methyl/N-ethyl adjacent to an activating group) is 1. The third-order valence-corrected chi connectivity index (χ3v) is 4.41. The van der Waals surface area contributed by atoms with E-state index < -0.39 is 0 Å². The molecule has 2 aromatic rings. The van der Waals surface area contributed by atoms with E-state index in [1.807, 2.05) is 60.4 Å². The summed E-state index contributed by atoms with van der Waals surface area (Å²) < 4.78 is 0. The monoisotopic (exact) mass is 309 g/mol. The van der Waals surface area contributed by atoms with Gasteiger partial charge >= 0.3 is 0 Å². The number of aromatic nitrogens is 1. The molecule has 1 atom stereocenters. The molecule has 1 amide bonds. The van der Waals surface area contributed by atoms with Gasteiger partial charge in [-0.25, -0.2) is 0 Å². The molecule has 1 fully saturated rings. The molecule has 2 heterocycles. The highest BCUT2D eigenvalue weighted by Gasteiger charge is 2.37. The molecule has 1 aliphatic rings. The van der Waals surface area contributed by atoms with Gasteiger partial charge in [0, 0.05) is 30.9 Å². The minimum atomic E-state index is -0.223. The van der Waals surface area contributed by atoms with Crippen LogP contribution in [-0.4, -0.2) is 47.9 Å². The number of carbonyl (C=O) groups excluding carboxylic acids is 1. The molecule has 1 aromatic heterocycles. The first-order valence-electron chi connectivity index (χ1n) is 7.99. The largest absolute Gasteiger partial charge is 0.340 e. The van der Waals surface area contributed by atoms with Crippen molar-refractivity contribution < 1.29 is 4.79 Å². The number of rotatable bonds is 4. The van der Waals surface area contributed by atoms with Gasteiger partial charge in [-0.1, -0.05) is 35.9 Å². The van der Waals surface area contributed by atoms with Crippen molar-refractivity contribution in [1.29, 1.82) is 0 Å². The number of amides is 1. The number of nitrogens with zero attached hydrogens (tertiary/aromatic N) is 3. The Balaban J connectivity index is 1.71. The van der Waals surface area contributed by atoms with Gasteiger partial charge in [0.25, 0.3) is 0 Å². The van der Waals surface area contributed by atoms with Crippen molar-refractivity contribution in [3.63, 3.8) is 0 Å². The summed E-state index contributed by atoms with van der Waals surface area (Å²) in [6.45, 7) is 3.57. The Labute approximate surface area is 137 Å². The smallest absolute Gasteiger partial charge is 0.244 e. The van der Waals surface area contributed by atoms with Gasteiger partial charge in [-0.15, -0.1) is 0 Å². The van der Waals surface area contributed by atoms with Crippen molar-refractivity contribution in [3.05, 3.63) is 65.5 Å². The number of carbonyl (C=O) groups is 1. The van der Waals surface area contributed by atoms with Crippen molar-refractivity contribution in [3.8, 4) is 0 Å². The highest BCUT2D eigenvalue weighted by Crippen LogP contribution is 2.30. The van der Waals surface area contributed by atoms with Gasteiger partial charge < -0.3 is 4.90 Å². The van der Waals surface area contributed by atoms with Crippen LogP contribution in [0.4, 0.5) is 0 Å². The molecule has 1 aromatic carbocycles. The van der Waals surface area contributed by atoms with E-state index in [1.165, 1.54) is 5.56 Å². The van der Waals surface area contributed by atoms with Crippen LogP contribution in [0.5, 0.6) is 0 Å². The topological polar surface area (TPSA) is 36.4 Å². The molecule has 3 rings (SSSR count). The third kappa shape index (κ3) is 3.27. The maximum Gasteiger partial charge on any atom is 0.244 e. The SMILES string of the molecule is Cc1cccc([C@H](C(=O)N2CC(c3ccccn3)C2)N(C)C)c1. The number of hydrogen-bond donors (Lipinski definition) is 0. The van der Waals surface area contributed by atoms with Gasteiger partial charge in [-0.05, 0) is 38.7 Å². The van der Waals surface area contributed by atoms with Crippen molar-refractivity contribution in [2.45, 2.75) is 18.9 Å². The van der Waals surface area contributed by atoms with Gasteiger partial charge in [-0.3, -0.25) is 14.7 Å². The molecule has 23 heavy (non-hydrogen) atoms. The molecular formula is C19H23N3O. The zero-order valence-corrected chi connectivity index (χ0v) is 13.9. The van der Waals surface area contributed by atoms with E-state index in [4.69, 9.17) is 0 Å². The van der Waals surface area contributed by atoms with Gasteiger partial charge in [0.05, 0.1) is 0 Å². The molecule has 0 aliphatic carbocycles. The second kappa shape index (κ2) is 6.50. The molecule has 1 saturated heterocycles. The number of pyridine rings is 1. The Morgan fingerprint density at radius 1 is 1.22 bits per heavy atom. The fourth-order valence-corrected chi connectivity index (χ4v) is 3.14. The maximum absolute atomic E-state index is 12.9. The first-order chi connectivity index (χ1) is 11.1. The molecule has 0 N–H and O–H groups in total. The summed E-state index contributed by atoms with van der Waals surface area (Å²) in [7, 11) is 3.92. The fourth-order valence-electron chi connectivity index (χ4n) is 3.14. The standard InChI is InChI=1S/C19H23N3O/c1-14-7-6-8-15(11-14)18(21(2)3)19(23)22-12-16(13-22)17-9-4-5-10-20-17/h4-11,16,18H,12-13H2,1-3H3/t18-/m1/s1. The molecule has 0 radical (unpaired) electrons. The number of hydrogen-bond acceptors (Lipinski definition) is 3. The third-order valence-electron chi connectivity index (χ3n) is 4.41. The van der Waals surface area contributed by atoms with E-state index >= 15 is 0 Å². The summed E-state index contributed by atoms with van der Waals surface area (Å²) in [5, 5.41) is 0. The molecule has 0 saturated carbocycles. The lowest BCUT2D eigenvalue weighted by Gasteiger charge is -2.42. The zero-order chi connectivity index (χ0) is 16.4. The Bertz CT molecular complexity index is 678. The number of benzene rings is 1. The van der Waals surface area contributed by atoms with Crippen molar-refractivity contribution >= 4 is 5.91 Å². The Hall–Kier alpha value is -2.20. The summed E-state index contributed by atoms with van der Waals surface area (Å²) in [5.41, 5.74) is 3.31. The van der Waals surface area contributed by atoms with Gasteiger partial charge in [0.2, 0.25) is 5.91 Å². The summed E-state index contributed by atoms with van der Waals surface area (Å²) >= 11 is 0. The molecule has 1 aliphatic heterocycles. The second-order valence-corrected chi connectivity index (χ2v) is 6.48. The summed E-state index contributed by atoms with van der Waals surface area (Å²) in [6, 6.07) is 13.9. The Morgan fingerprint density at radius 2 is 2.00 bits per heavy atom. The summed E-state index contributed by atoms with van der Waals surface area (Å²) in [4.78, 5) is 21.2. The number of likely N-dealkylation sites (tertiary alicyclic amines) is 1. The van der Waals surface area contributed by atoms with Gasteiger partial charge in [0.15, 0.2) is 0 Å². The quantitative estimate of drug-likeness (QED) is 0.871. The maximum atomic E-state index is 12.9. The fraction of sp³-hybridized carbons (Fsp3) is 0.368. The predicted octanol–water partition coefficient (Wildman–Crippen LogP) is 2.62. The first kappa shape index (κ1) is 15.7. The molecule has 4 heteroatoms. The highest BCUT2D eigenvalue weighted by molar-refractivity contribution is 5.84. The molecular weight excluding hydrogens is 286 g/mol. The van der Waals surface area contributed by atoms with Crippen LogP contribution in [0.3, 0.4) is 0 Å². The van der Waals surface area contributed by atoms with Crippen LogP contribution in [0.15, 0.2) is 48.7 Å². The van der Waals surface area contributed by atoms with Crippen LogP contribution in [-0.2, 0) is 4.79 Å². The van der Waals surface area contributed by atoms with Crippen molar-refractivity contribution in [2.75, 3.05) is 27.2 Å². The minimum absolute atomic E-state index is 0.174. The van der Waals surface area contributed by atoms with Crippen LogP contribution in [0.2, 0.25) is 0 Å². The lowest BCUT2D eigenvalue weighted by Crippen LogP contribution is -2.52. The first-order valence-corrected chi connectivity index (χ1v) is 7.99. The van der Waals surface area contributed by atoms with E-state index in [9.17, 15) is 4.79 Å². The Kier molecular flexibility index (Phi) is 4.44. The molecule has 0 unspecified atom stereocenters. The lowest BCUT2D eigenvalue weighted by atomic mass is 9.93. The van der Waals surface area contributed by atoms with Crippen molar-refractivity contribution in [2.24, 2.45) is 0 Å². The van der Waals surface area contributed by atoms with E-state index in [0.29, 0.717) is 5.92 Å². The molecule has 0 spiro atoms. The summed E-state index contributed by atoms with van der Waals surface area (Å²) in [5.74, 6) is 0.535. The Morgan fingerprint density at radius 3 is 2.61 bits per heavy atom. The van der Waals surface area contributed by atoms with Gasteiger partial charge in [-0.2, -0.15) is 0 Å². The normalized spacial score (nSPS) is 16.3. The van der Waals surface area contributed by atoms with E-state index in [0.717, 1.165) is 24.3 Å². The number of aryl methyl sites for hydroxylation is 1. The minimum Gasteiger partial charge on any atom is -0.340 e. The zero-order valence-electron chi connectivity index (χ0n) is 13.9. The van der Waals surface area contributed by atoms with Crippen LogP contribution < -0.4 is 0 Å². The predicted molar refractivity (Wildman–Crippen MR) is 91.2 cm³/mol. The van der Waals surface area contributed by atoms with Crippen LogP contribution in [0, 0.1) is 6.92 Å². The molecule has 120 valence electrons. The van der Waals surface area contributed by atoms with Gasteiger partial charge in [0.1, 0.15) is 6.04 Å². The van der Waals surface area contributed by atoms with E-state index in [1.54, 1.807) is 0 Å². The van der Waals surface area contributed by atoms with Crippen LogP contribution in [0.25, 0.3) is 0 Å².